The van der Waals surface area contributed by atoms with Crippen LogP contribution in [0.2, 0.25) is 0 Å². The number of rotatable bonds is 4. The number of halogens is 1. The summed E-state index contributed by atoms with van der Waals surface area (Å²) in [6.45, 7) is 5.42. The third-order valence-electron chi connectivity index (χ3n) is 6.84. The van der Waals surface area contributed by atoms with Gasteiger partial charge in [-0.2, -0.15) is 0 Å². The Hall–Kier alpha value is -2.48. The molecule has 1 saturated carbocycles. The maximum Gasteiger partial charge on any atom is 0.329 e. The van der Waals surface area contributed by atoms with E-state index in [4.69, 9.17) is 4.99 Å². The molecule has 0 spiro atoms. The molecule has 2 unspecified atom stereocenters. The van der Waals surface area contributed by atoms with Gasteiger partial charge in [-0.1, -0.05) is 13.0 Å². The number of amidine groups is 1. The summed E-state index contributed by atoms with van der Waals surface area (Å²) in [5.74, 6) is 2.10. The van der Waals surface area contributed by atoms with Crippen molar-refractivity contribution in [3.63, 3.8) is 0 Å². The second-order valence-electron chi connectivity index (χ2n) is 9.04. The quantitative estimate of drug-likeness (QED) is 0.826. The van der Waals surface area contributed by atoms with Crippen molar-refractivity contribution < 1.29 is 9.18 Å². The first-order valence-electron chi connectivity index (χ1n) is 11.0. The first-order valence-corrected chi connectivity index (χ1v) is 11.0. The van der Waals surface area contributed by atoms with Crippen molar-refractivity contribution in [1.82, 2.24) is 25.0 Å². The van der Waals surface area contributed by atoms with Gasteiger partial charge in [-0.15, -0.1) is 0 Å². The van der Waals surface area contributed by atoms with Crippen molar-refractivity contribution in [2.75, 3.05) is 19.8 Å². The first-order chi connectivity index (χ1) is 14.6. The van der Waals surface area contributed by atoms with Crippen LogP contribution in [0.25, 0.3) is 0 Å². The fraction of sp³-hybridized carbons (Fsp3) is 0.591. The van der Waals surface area contributed by atoms with E-state index in [0.717, 1.165) is 38.3 Å². The largest absolute Gasteiger partial charge is 0.353 e. The zero-order valence-electron chi connectivity index (χ0n) is 17.4. The molecule has 0 radical (unpaired) electrons. The smallest absolute Gasteiger partial charge is 0.329 e. The Labute approximate surface area is 176 Å². The molecule has 0 bridgehead atoms. The average Bonchev–Trinajstić information content (AvgIpc) is 3.33. The van der Waals surface area contributed by atoms with Gasteiger partial charge in [0.25, 0.3) is 0 Å². The van der Waals surface area contributed by atoms with Crippen molar-refractivity contribution in [3.8, 4) is 0 Å². The molecule has 8 heteroatoms. The molecule has 1 N–H and O–H groups in total. The van der Waals surface area contributed by atoms with E-state index in [-0.39, 0.29) is 11.9 Å². The van der Waals surface area contributed by atoms with Crippen molar-refractivity contribution in [2.24, 2.45) is 16.8 Å². The summed E-state index contributed by atoms with van der Waals surface area (Å²) in [6, 6.07) is 4.25. The SMILES string of the molecule is CC1CN(Cc2cccnc2)CC1C1=NC2=CN(C3CCC(F)CC3)CN2C(=O)N1. The van der Waals surface area contributed by atoms with Gasteiger partial charge in [-0.25, -0.2) is 14.2 Å². The molecular formula is C22H29FN6O. The zero-order chi connectivity index (χ0) is 20.7. The van der Waals surface area contributed by atoms with E-state index in [1.807, 2.05) is 18.5 Å². The number of aliphatic imine (C=N–C) groups is 1. The number of hydrogen-bond acceptors (Lipinski definition) is 5. The van der Waals surface area contributed by atoms with Crippen LogP contribution in [0, 0.1) is 11.8 Å². The van der Waals surface area contributed by atoms with Gasteiger partial charge in [0.1, 0.15) is 18.7 Å². The van der Waals surface area contributed by atoms with Crippen LogP contribution in [0.5, 0.6) is 0 Å². The molecule has 30 heavy (non-hydrogen) atoms. The Morgan fingerprint density at radius 2 is 2.07 bits per heavy atom. The Balaban J connectivity index is 1.28. The van der Waals surface area contributed by atoms with Crippen LogP contribution in [0.3, 0.4) is 0 Å². The molecular weight excluding hydrogens is 383 g/mol. The molecule has 4 heterocycles. The van der Waals surface area contributed by atoms with E-state index in [1.54, 1.807) is 11.1 Å². The van der Waals surface area contributed by atoms with E-state index >= 15 is 0 Å². The summed E-state index contributed by atoms with van der Waals surface area (Å²) in [5.41, 5.74) is 1.20. The number of pyridine rings is 1. The predicted molar refractivity (Wildman–Crippen MR) is 112 cm³/mol. The van der Waals surface area contributed by atoms with Crippen LogP contribution in [0.4, 0.5) is 9.18 Å². The average molecular weight is 413 g/mol. The third kappa shape index (κ3) is 3.80. The molecule has 5 rings (SSSR count). The highest BCUT2D eigenvalue weighted by atomic mass is 19.1. The van der Waals surface area contributed by atoms with Crippen LogP contribution in [-0.4, -0.2) is 63.5 Å². The van der Waals surface area contributed by atoms with Crippen LogP contribution in [0.1, 0.15) is 38.2 Å². The minimum atomic E-state index is -0.675. The number of urea groups is 1. The molecule has 1 aromatic rings. The van der Waals surface area contributed by atoms with E-state index in [2.05, 4.69) is 33.1 Å². The fourth-order valence-corrected chi connectivity index (χ4v) is 5.15. The highest BCUT2D eigenvalue weighted by Gasteiger charge is 2.40. The second kappa shape index (κ2) is 7.98. The molecule has 3 aliphatic heterocycles. The Kier molecular flexibility index (Phi) is 5.18. The fourth-order valence-electron chi connectivity index (χ4n) is 5.15. The van der Waals surface area contributed by atoms with Gasteiger partial charge in [-0.3, -0.25) is 20.1 Å². The topological polar surface area (TPSA) is 64.1 Å². The lowest BCUT2D eigenvalue weighted by Crippen LogP contribution is -2.50. The first kappa shape index (κ1) is 19.5. The molecule has 1 aromatic heterocycles. The van der Waals surface area contributed by atoms with E-state index in [9.17, 15) is 9.18 Å². The lowest BCUT2D eigenvalue weighted by molar-refractivity contribution is 0.138. The Bertz CT molecular complexity index is 850. The molecule has 1 saturated heterocycles. The van der Waals surface area contributed by atoms with Gasteiger partial charge in [-0.05, 0) is 43.2 Å². The number of amides is 2. The maximum absolute atomic E-state index is 13.5. The minimum absolute atomic E-state index is 0.106. The van der Waals surface area contributed by atoms with Crippen molar-refractivity contribution in [1.29, 1.82) is 0 Å². The number of hydrogen-bond donors (Lipinski definition) is 1. The van der Waals surface area contributed by atoms with Gasteiger partial charge in [0, 0.05) is 50.2 Å². The monoisotopic (exact) mass is 412 g/mol. The summed E-state index contributed by atoms with van der Waals surface area (Å²) >= 11 is 0. The number of fused-ring (bicyclic) bond motifs is 1. The van der Waals surface area contributed by atoms with Crippen molar-refractivity contribution in [2.45, 2.75) is 51.4 Å². The van der Waals surface area contributed by atoms with E-state index in [0.29, 0.717) is 37.3 Å². The molecule has 2 fully saturated rings. The van der Waals surface area contributed by atoms with Gasteiger partial charge >= 0.3 is 6.03 Å². The Morgan fingerprint density at radius 1 is 1.23 bits per heavy atom. The lowest BCUT2D eigenvalue weighted by Gasteiger charge is -2.33. The summed E-state index contributed by atoms with van der Waals surface area (Å²) in [4.78, 5) is 28.1. The number of likely N-dealkylation sites (tertiary alicyclic amines) is 1. The predicted octanol–water partition coefficient (Wildman–Crippen LogP) is 2.93. The summed E-state index contributed by atoms with van der Waals surface area (Å²) in [7, 11) is 0. The molecule has 1 aliphatic carbocycles. The second-order valence-corrected chi connectivity index (χ2v) is 9.04. The van der Waals surface area contributed by atoms with E-state index < -0.39 is 6.17 Å². The standard InChI is InChI=1S/C22H29FN6O/c1-15-10-27(11-16-3-2-8-24-9-16)12-19(15)21-25-20-13-28(14-29(20)22(30)26-21)18-6-4-17(23)5-7-18/h2-3,8-9,13,15,17-19H,4-7,10-12,14H2,1H3,(H,25,26,30). The molecule has 0 aromatic carbocycles. The highest BCUT2D eigenvalue weighted by molar-refractivity contribution is 6.02. The highest BCUT2D eigenvalue weighted by Crippen LogP contribution is 2.32. The van der Waals surface area contributed by atoms with Crippen LogP contribution in [-0.2, 0) is 6.54 Å². The van der Waals surface area contributed by atoms with Gasteiger partial charge in [0.2, 0.25) is 0 Å². The zero-order valence-corrected chi connectivity index (χ0v) is 17.4. The number of alkyl halides is 1. The summed E-state index contributed by atoms with van der Waals surface area (Å²) in [5, 5.41) is 3.05. The van der Waals surface area contributed by atoms with E-state index in [1.165, 1.54) is 5.56 Å². The van der Waals surface area contributed by atoms with Gasteiger partial charge in [0.05, 0.1) is 0 Å². The molecule has 2 atom stereocenters. The number of nitrogens with one attached hydrogen (secondary N) is 1. The number of carbonyl (C=O) groups excluding carboxylic acids is 1. The third-order valence-corrected chi connectivity index (χ3v) is 6.84. The molecule has 160 valence electrons. The maximum atomic E-state index is 13.5. The van der Waals surface area contributed by atoms with Crippen LogP contribution >= 0.6 is 0 Å². The minimum Gasteiger partial charge on any atom is -0.353 e. The number of nitrogens with zero attached hydrogens (tertiary/aromatic N) is 5. The van der Waals surface area contributed by atoms with Crippen molar-refractivity contribution >= 4 is 11.9 Å². The number of carbonyl (C=O) groups is 1. The van der Waals surface area contributed by atoms with Gasteiger partial charge < -0.3 is 4.90 Å². The molecule has 2 amide bonds. The van der Waals surface area contributed by atoms with Crippen molar-refractivity contribution in [3.05, 3.63) is 42.1 Å². The summed E-state index contributed by atoms with van der Waals surface area (Å²) < 4.78 is 13.5. The normalized spacial score (nSPS) is 32.0. The lowest BCUT2D eigenvalue weighted by atomic mass is 9.93. The molecule has 7 nitrogen and oxygen atoms in total. The van der Waals surface area contributed by atoms with Crippen LogP contribution in [0.15, 0.2) is 41.5 Å². The Morgan fingerprint density at radius 3 is 2.83 bits per heavy atom. The van der Waals surface area contributed by atoms with Crippen LogP contribution < -0.4 is 5.32 Å². The number of aromatic nitrogens is 1. The molecule has 4 aliphatic rings. The van der Waals surface area contributed by atoms with Gasteiger partial charge in [0.15, 0.2) is 5.82 Å². The summed E-state index contributed by atoms with van der Waals surface area (Å²) in [6.07, 6.45) is 7.90.